The van der Waals surface area contributed by atoms with Crippen molar-refractivity contribution in [3.05, 3.63) is 82.6 Å². The highest BCUT2D eigenvalue weighted by Crippen LogP contribution is 2.67. The summed E-state index contributed by atoms with van der Waals surface area (Å²) in [5.74, 6) is 0.932. The van der Waals surface area contributed by atoms with Crippen molar-refractivity contribution in [2.45, 2.75) is 80.6 Å². The highest BCUT2D eigenvalue weighted by Gasteiger charge is 2.76. The quantitative estimate of drug-likeness (QED) is 0.247. The molecule has 1 spiro atoms. The molecule has 9 rings (SSSR count). The SMILES string of the molecule is CCC1=C[C@@H]2CN(CCc3c([nH]c4ccccc34)[C@@](CO)(c3cc4c(cc3OC)N(C)[C@H]3C(O)(CO)[C@H](O)[C@]5(CC)C=CCN6CC[C@]43C65)C2)C1. The van der Waals surface area contributed by atoms with Crippen molar-refractivity contribution < 1.29 is 25.2 Å². The van der Waals surface area contributed by atoms with Gasteiger partial charge in [0, 0.05) is 84.0 Å². The van der Waals surface area contributed by atoms with Crippen molar-refractivity contribution in [1.29, 1.82) is 0 Å². The summed E-state index contributed by atoms with van der Waals surface area (Å²) in [6.45, 7) is 8.19. The van der Waals surface area contributed by atoms with E-state index in [1.54, 1.807) is 7.11 Å². The Kier molecular flexibility index (Phi) is 7.69. The third-order valence-electron chi connectivity index (χ3n) is 14.6. The molecule has 1 saturated carbocycles. The van der Waals surface area contributed by atoms with Crippen LogP contribution in [-0.2, 0) is 17.3 Å². The van der Waals surface area contributed by atoms with Gasteiger partial charge in [-0.3, -0.25) is 9.80 Å². The Balaban J connectivity index is 1.33. The van der Waals surface area contributed by atoms with Crippen molar-refractivity contribution in [3.63, 3.8) is 0 Å². The Morgan fingerprint density at radius 2 is 1.86 bits per heavy atom. The van der Waals surface area contributed by atoms with Gasteiger partial charge in [0.15, 0.2) is 0 Å². The fraction of sp³-hybridized carbons (Fsp3) is 0.571. The second kappa shape index (κ2) is 11.7. The second-order valence-corrected chi connectivity index (χ2v) is 16.6. The Morgan fingerprint density at radius 1 is 1.04 bits per heavy atom. The number of nitrogens with zero attached hydrogens (tertiary/aromatic N) is 3. The summed E-state index contributed by atoms with van der Waals surface area (Å²) in [5, 5.41) is 49.2. The van der Waals surface area contributed by atoms with Crippen molar-refractivity contribution in [1.82, 2.24) is 14.8 Å². The largest absolute Gasteiger partial charge is 0.496 e. The molecule has 6 aliphatic rings. The lowest BCUT2D eigenvalue weighted by Crippen LogP contribution is -2.79. The lowest BCUT2D eigenvalue weighted by atomic mass is 9.48. The number of aromatic nitrogens is 1. The Bertz CT molecular complexity index is 1940. The number of nitrogens with one attached hydrogen (secondary N) is 1. The monoisotopic (exact) mass is 694 g/mol. The molecule has 9 atom stereocenters. The van der Waals surface area contributed by atoms with E-state index in [0.717, 1.165) is 80.0 Å². The molecule has 0 amide bonds. The zero-order valence-electron chi connectivity index (χ0n) is 30.5. The lowest BCUT2D eigenvalue weighted by molar-refractivity contribution is -0.213. The molecule has 1 aromatic heterocycles. The van der Waals surface area contributed by atoms with E-state index in [-0.39, 0.29) is 18.6 Å². The van der Waals surface area contributed by atoms with Gasteiger partial charge < -0.3 is 35.0 Å². The van der Waals surface area contributed by atoms with Crippen molar-refractivity contribution in [2.75, 3.05) is 65.0 Å². The van der Waals surface area contributed by atoms with Crippen LogP contribution < -0.4 is 9.64 Å². The van der Waals surface area contributed by atoms with Crippen LogP contribution in [0.2, 0.25) is 0 Å². The molecule has 3 unspecified atom stereocenters. The first-order valence-corrected chi connectivity index (χ1v) is 19.2. The van der Waals surface area contributed by atoms with Gasteiger partial charge in [-0.25, -0.2) is 0 Å². The molecule has 5 aliphatic heterocycles. The van der Waals surface area contributed by atoms with Gasteiger partial charge in [-0.2, -0.15) is 0 Å². The number of hydrogen-bond donors (Lipinski definition) is 5. The summed E-state index contributed by atoms with van der Waals surface area (Å²) in [5.41, 5.74) is 3.96. The number of para-hydroxylation sites is 1. The normalized spacial score (nSPS) is 38.3. The zero-order chi connectivity index (χ0) is 35.5. The van der Waals surface area contributed by atoms with Gasteiger partial charge in [-0.1, -0.05) is 55.8 Å². The molecule has 9 nitrogen and oxygen atoms in total. The average Bonchev–Trinajstić information content (AvgIpc) is 3.82. The summed E-state index contributed by atoms with van der Waals surface area (Å²) in [4.78, 5) is 11.1. The lowest BCUT2D eigenvalue weighted by Gasteiger charge is -2.64. The molecule has 51 heavy (non-hydrogen) atoms. The van der Waals surface area contributed by atoms with Gasteiger partial charge in [0.25, 0.3) is 0 Å². The summed E-state index contributed by atoms with van der Waals surface area (Å²) < 4.78 is 6.35. The molecule has 3 aromatic rings. The van der Waals surface area contributed by atoms with Crippen LogP contribution in [-0.4, -0.2) is 119 Å². The first-order chi connectivity index (χ1) is 24.6. The minimum atomic E-state index is -1.77. The maximum Gasteiger partial charge on any atom is 0.135 e. The fourth-order valence-corrected chi connectivity index (χ4v) is 12.5. The van der Waals surface area contributed by atoms with Gasteiger partial charge >= 0.3 is 0 Å². The molecule has 272 valence electrons. The predicted octanol–water partition coefficient (Wildman–Crippen LogP) is 3.86. The third-order valence-corrected chi connectivity index (χ3v) is 14.6. The molecule has 9 heteroatoms. The van der Waals surface area contributed by atoms with Crippen LogP contribution in [0.3, 0.4) is 0 Å². The first kappa shape index (κ1) is 33.6. The van der Waals surface area contributed by atoms with E-state index in [4.69, 9.17) is 4.74 Å². The minimum absolute atomic E-state index is 0.0760. The molecule has 1 saturated heterocycles. The van der Waals surface area contributed by atoms with Crippen LogP contribution in [0.5, 0.6) is 5.75 Å². The number of likely N-dealkylation sites (N-methyl/N-ethyl adjacent to an activating group) is 1. The van der Waals surface area contributed by atoms with Gasteiger partial charge in [0.1, 0.15) is 11.4 Å². The van der Waals surface area contributed by atoms with Gasteiger partial charge in [-0.15, -0.1) is 0 Å². The van der Waals surface area contributed by atoms with Gasteiger partial charge in [0.2, 0.25) is 0 Å². The van der Waals surface area contributed by atoms with Crippen LogP contribution in [0.4, 0.5) is 5.69 Å². The van der Waals surface area contributed by atoms with Crippen LogP contribution in [0.1, 0.15) is 61.9 Å². The van der Waals surface area contributed by atoms with E-state index in [1.807, 2.05) is 7.05 Å². The standard InChI is InChI=1S/C42H54N4O5/c1-5-26-18-27-21-40(24-47,35-29(12-16-45(22-26)23-27)28-10-7-8-11-32(28)43-35)31-19-30-33(20-34(31)51-4)44(3)37-41(30)14-17-46-15-9-13-39(6-2,36(41)46)38(49)42(37,50)25-48/h7-11,13,18-20,27,36-38,43,47-50H,5-6,12,14-17,21-25H2,1-4H3/t27-,36?,37+,38+,39+,40-,41+,42?/m0/s1. The number of benzene rings is 2. The Hall–Kier alpha value is -3.18. The molecular formula is C42H54N4O5. The maximum absolute atomic E-state index is 12.6. The van der Waals surface area contributed by atoms with E-state index >= 15 is 0 Å². The van der Waals surface area contributed by atoms with Crippen molar-refractivity contribution in [2.24, 2.45) is 11.3 Å². The molecule has 2 aromatic carbocycles. The topological polar surface area (TPSA) is 116 Å². The van der Waals surface area contributed by atoms with E-state index in [0.29, 0.717) is 18.6 Å². The molecule has 6 heterocycles. The summed E-state index contributed by atoms with van der Waals surface area (Å²) in [6.07, 6.45) is 9.61. The maximum atomic E-state index is 12.6. The molecule has 5 N–H and O–H groups in total. The summed E-state index contributed by atoms with van der Waals surface area (Å²) in [7, 11) is 3.71. The minimum Gasteiger partial charge on any atom is -0.496 e. The molecule has 2 bridgehead atoms. The number of H-pyrrole nitrogens is 1. The number of rotatable bonds is 6. The number of hydrogen-bond acceptors (Lipinski definition) is 8. The Morgan fingerprint density at radius 3 is 2.61 bits per heavy atom. The predicted molar refractivity (Wildman–Crippen MR) is 200 cm³/mol. The summed E-state index contributed by atoms with van der Waals surface area (Å²) in [6, 6.07) is 12.3. The number of ether oxygens (including phenoxy) is 1. The van der Waals surface area contributed by atoms with Gasteiger partial charge in [-0.05, 0) is 67.8 Å². The number of aliphatic hydroxyl groups is 4. The van der Waals surface area contributed by atoms with E-state index < -0.39 is 40.6 Å². The van der Waals surface area contributed by atoms with Crippen LogP contribution in [0.15, 0.2) is 60.2 Å². The molecule has 1 aliphatic carbocycles. The smallest absolute Gasteiger partial charge is 0.135 e. The van der Waals surface area contributed by atoms with Crippen LogP contribution in [0, 0.1) is 11.3 Å². The summed E-state index contributed by atoms with van der Waals surface area (Å²) >= 11 is 0. The molecular weight excluding hydrogens is 640 g/mol. The van der Waals surface area contributed by atoms with Crippen LogP contribution in [0.25, 0.3) is 10.9 Å². The number of fused-ring (bicyclic) bond motifs is 6. The second-order valence-electron chi connectivity index (χ2n) is 16.6. The molecule has 2 fully saturated rings. The highest BCUT2D eigenvalue weighted by atomic mass is 16.5. The number of methoxy groups -OCH3 is 1. The number of aromatic amines is 1. The number of anilines is 1. The van der Waals surface area contributed by atoms with E-state index in [1.165, 1.54) is 16.5 Å². The van der Waals surface area contributed by atoms with E-state index in [9.17, 15) is 20.4 Å². The average molecular weight is 695 g/mol. The van der Waals surface area contributed by atoms with E-state index in [2.05, 4.69) is 88.2 Å². The van der Waals surface area contributed by atoms with Gasteiger partial charge in [0.05, 0.1) is 37.9 Å². The Labute approximate surface area is 301 Å². The third kappa shape index (κ3) is 4.19. The van der Waals surface area contributed by atoms with Crippen molar-refractivity contribution >= 4 is 16.6 Å². The van der Waals surface area contributed by atoms with Crippen LogP contribution >= 0.6 is 0 Å². The highest BCUT2D eigenvalue weighted by molar-refractivity contribution is 5.86. The van der Waals surface area contributed by atoms with Crippen molar-refractivity contribution in [3.8, 4) is 5.75 Å². The fourth-order valence-electron chi connectivity index (χ4n) is 12.5. The molecule has 0 radical (unpaired) electrons. The first-order valence-electron chi connectivity index (χ1n) is 19.2. The number of aliphatic hydroxyl groups excluding tert-OH is 3. The zero-order valence-corrected chi connectivity index (χ0v) is 30.5.